The van der Waals surface area contributed by atoms with Gasteiger partial charge < -0.3 is 20.7 Å². The smallest absolute Gasteiger partial charge is 0.248 e. The summed E-state index contributed by atoms with van der Waals surface area (Å²) < 4.78 is 12.3. The topological polar surface area (TPSA) is 92.4 Å². The monoisotopic (exact) mass is 338 g/mol. The van der Waals surface area contributed by atoms with Crippen LogP contribution < -0.4 is 11.1 Å². The molecule has 0 bridgehead atoms. The number of primary amides is 1. The second-order valence-electron chi connectivity index (χ2n) is 7.08. The van der Waals surface area contributed by atoms with Gasteiger partial charge in [0.25, 0.3) is 0 Å². The summed E-state index contributed by atoms with van der Waals surface area (Å²) in [5, 5.41) is 14.0. The van der Waals surface area contributed by atoms with Gasteiger partial charge in [-0.25, -0.2) is 0 Å². The van der Waals surface area contributed by atoms with Crippen molar-refractivity contribution in [3.63, 3.8) is 0 Å². The van der Waals surface area contributed by atoms with E-state index in [4.69, 9.17) is 5.73 Å². The van der Waals surface area contributed by atoms with Crippen molar-refractivity contribution in [2.45, 2.75) is 43.5 Å². The molecule has 1 amide bonds. The van der Waals surface area contributed by atoms with Crippen LogP contribution in [0.3, 0.4) is 0 Å². The zero-order valence-electron chi connectivity index (χ0n) is 13.9. The molecule has 0 radical (unpaired) electrons. The molecular formula is C17H27N2O3P. The van der Waals surface area contributed by atoms with Gasteiger partial charge >= 0.3 is 0 Å². The van der Waals surface area contributed by atoms with E-state index in [2.05, 4.69) is 5.32 Å². The van der Waals surface area contributed by atoms with E-state index in [0.717, 1.165) is 24.8 Å². The van der Waals surface area contributed by atoms with Crippen LogP contribution in [0.25, 0.3) is 0 Å². The molecule has 1 aromatic carbocycles. The van der Waals surface area contributed by atoms with Crippen molar-refractivity contribution in [3.05, 3.63) is 35.4 Å². The first-order valence-corrected chi connectivity index (χ1v) is 10.7. The fourth-order valence-electron chi connectivity index (χ4n) is 3.27. The minimum absolute atomic E-state index is 0.112. The summed E-state index contributed by atoms with van der Waals surface area (Å²) in [5.74, 6) is -0.442. The molecule has 1 saturated carbocycles. The van der Waals surface area contributed by atoms with E-state index in [1.54, 1.807) is 18.2 Å². The largest absolute Gasteiger partial charge is 0.389 e. The van der Waals surface area contributed by atoms with Crippen molar-refractivity contribution < 1.29 is 14.5 Å². The molecule has 1 aliphatic rings. The molecule has 1 aromatic rings. The van der Waals surface area contributed by atoms with Crippen LogP contribution in [0.5, 0.6) is 0 Å². The lowest BCUT2D eigenvalue weighted by atomic mass is 9.84. The molecule has 0 heterocycles. The van der Waals surface area contributed by atoms with Crippen LogP contribution in [0.4, 0.5) is 0 Å². The van der Waals surface area contributed by atoms with Gasteiger partial charge in [-0.1, -0.05) is 12.1 Å². The lowest BCUT2D eigenvalue weighted by Crippen LogP contribution is -2.45. The van der Waals surface area contributed by atoms with E-state index >= 15 is 0 Å². The number of amides is 1. The maximum Gasteiger partial charge on any atom is 0.248 e. The zero-order valence-corrected chi connectivity index (χ0v) is 14.8. The third kappa shape index (κ3) is 5.17. The lowest BCUT2D eigenvalue weighted by molar-refractivity contribution is 0.00580. The highest BCUT2D eigenvalue weighted by Gasteiger charge is 2.38. The van der Waals surface area contributed by atoms with Crippen LogP contribution in [0, 0.1) is 0 Å². The number of nitrogens with one attached hydrogen (secondary N) is 1. The van der Waals surface area contributed by atoms with Crippen LogP contribution in [0.1, 0.15) is 41.6 Å². The molecular weight excluding hydrogens is 311 g/mol. The van der Waals surface area contributed by atoms with Crippen molar-refractivity contribution in [1.29, 1.82) is 0 Å². The van der Waals surface area contributed by atoms with Gasteiger partial charge in [-0.3, -0.25) is 4.79 Å². The zero-order chi connectivity index (χ0) is 17.1. The quantitative estimate of drug-likeness (QED) is 0.693. The molecule has 5 nitrogen and oxygen atoms in total. The van der Waals surface area contributed by atoms with Gasteiger partial charge in [0.05, 0.1) is 12.7 Å². The third-order valence-electron chi connectivity index (χ3n) is 4.67. The van der Waals surface area contributed by atoms with E-state index in [9.17, 15) is 14.5 Å². The normalized spacial score (nSPS) is 25.3. The maximum atomic E-state index is 12.3. The number of carbonyl (C=O) groups excluding carboxylic acids is 1. The second kappa shape index (κ2) is 7.16. The Bertz CT molecular complexity index is 614. The Morgan fingerprint density at radius 3 is 2.87 bits per heavy atom. The summed E-state index contributed by atoms with van der Waals surface area (Å²) in [6, 6.07) is 7.16. The lowest BCUT2D eigenvalue weighted by Gasteiger charge is -2.38. The summed E-state index contributed by atoms with van der Waals surface area (Å²) in [4.78, 5) is 11.2. The van der Waals surface area contributed by atoms with Crippen molar-refractivity contribution in [3.8, 4) is 0 Å². The predicted molar refractivity (Wildman–Crippen MR) is 93.3 cm³/mol. The molecule has 2 rings (SSSR count). The van der Waals surface area contributed by atoms with E-state index in [-0.39, 0.29) is 5.66 Å². The Morgan fingerprint density at radius 2 is 2.22 bits per heavy atom. The van der Waals surface area contributed by atoms with Gasteiger partial charge in [-0.15, -0.1) is 0 Å². The molecule has 0 spiro atoms. The molecule has 6 heteroatoms. The Morgan fingerprint density at radius 1 is 1.48 bits per heavy atom. The molecule has 0 aliphatic heterocycles. The number of aliphatic hydroxyl groups is 1. The molecule has 1 aliphatic carbocycles. The van der Waals surface area contributed by atoms with Gasteiger partial charge in [-0.2, -0.15) is 0 Å². The average Bonchev–Trinajstić information content (AvgIpc) is 2.46. The van der Waals surface area contributed by atoms with Crippen LogP contribution >= 0.6 is 7.14 Å². The van der Waals surface area contributed by atoms with E-state index in [0.29, 0.717) is 25.1 Å². The Hall–Kier alpha value is -1.16. The Labute approximate surface area is 138 Å². The van der Waals surface area contributed by atoms with Crippen molar-refractivity contribution >= 4 is 13.0 Å². The van der Waals surface area contributed by atoms with Crippen LogP contribution in [-0.4, -0.2) is 42.1 Å². The number of hydrogen-bond acceptors (Lipinski definition) is 4. The summed E-state index contributed by atoms with van der Waals surface area (Å²) in [5.41, 5.74) is 6.03. The minimum Gasteiger partial charge on any atom is -0.389 e. The molecule has 128 valence electrons. The highest BCUT2D eigenvalue weighted by atomic mass is 31.2. The van der Waals surface area contributed by atoms with Crippen molar-refractivity contribution in [2.75, 3.05) is 19.9 Å². The average molecular weight is 338 g/mol. The van der Waals surface area contributed by atoms with Gasteiger partial charge in [0.15, 0.2) is 0 Å². The van der Waals surface area contributed by atoms with Gasteiger partial charge in [0.2, 0.25) is 5.91 Å². The minimum atomic E-state index is -2.17. The highest BCUT2D eigenvalue weighted by molar-refractivity contribution is 7.63. The van der Waals surface area contributed by atoms with Gasteiger partial charge in [0, 0.05) is 24.3 Å². The van der Waals surface area contributed by atoms with Crippen LogP contribution in [0.2, 0.25) is 0 Å². The number of rotatable bonds is 6. The first-order chi connectivity index (χ1) is 10.7. The van der Waals surface area contributed by atoms with Crippen LogP contribution in [0.15, 0.2) is 24.3 Å². The van der Waals surface area contributed by atoms with E-state index < -0.39 is 18.7 Å². The highest BCUT2D eigenvalue weighted by Crippen LogP contribution is 2.50. The number of nitrogens with two attached hydrogens (primary N) is 1. The van der Waals surface area contributed by atoms with Crippen molar-refractivity contribution in [1.82, 2.24) is 5.32 Å². The summed E-state index contributed by atoms with van der Waals surface area (Å²) >= 11 is 0. The first kappa shape index (κ1) is 18.2. The molecule has 0 saturated heterocycles. The molecule has 0 aromatic heterocycles. The Kier molecular flexibility index (Phi) is 5.66. The van der Waals surface area contributed by atoms with Crippen LogP contribution in [-0.2, 0) is 11.1 Å². The number of benzene rings is 1. The summed E-state index contributed by atoms with van der Waals surface area (Å²) in [6.07, 6.45) is 3.17. The summed E-state index contributed by atoms with van der Waals surface area (Å²) in [7, 11) is -2.17. The number of carbonyl (C=O) groups is 1. The third-order valence-corrected chi connectivity index (χ3v) is 6.87. The van der Waals surface area contributed by atoms with E-state index in [1.165, 1.54) is 0 Å². The maximum absolute atomic E-state index is 12.3. The molecule has 4 N–H and O–H groups in total. The van der Waals surface area contributed by atoms with Gasteiger partial charge in [0.1, 0.15) is 0 Å². The first-order valence-electron chi connectivity index (χ1n) is 8.06. The predicted octanol–water partition coefficient (Wildman–Crippen LogP) is 2.17. The fraction of sp³-hybridized carbons (Fsp3) is 0.588. The molecule has 23 heavy (non-hydrogen) atoms. The fourth-order valence-corrected chi connectivity index (χ4v) is 4.86. The standard InChI is InChI=1S/C17H27N2O3P/c1-23(2,22)15-7-4-8-17(21,10-15)12-19-11-13-5-3-6-14(9-13)16(18)20/h3,5-6,9,15,19,21H,4,7-8,10-12H2,1-2H3,(H2,18,20). The molecule has 2 unspecified atom stereocenters. The Balaban J connectivity index is 1.91. The molecule has 1 fully saturated rings. The number of hydrogen-bond donors (Lipinski definition) is 3. The SMILES string of the molecule is CP(C)(=O)C1CCCC(O)(CNCc2cccc(C(N)=O)c2)C1. The summed E-state index contributed by atoms with van der Waals surface area (Å²) in [6.45, 7) is 4.65. The van der Waals surface area contributed by atoms with Crippen molar-refractivity contribution in [2.24, 2.45) is 5.73 Å². The molecule has 2 atom stereocenters. The van der Waals surface area contributed by atoms with Gasteiger partial charge in [-0.05, 0) is 56.7 Å². The second-order valence-corrected chi connectivity index (χ2v) is 10.7. The van der Waals surface area contributed by atoms with E-state index in [1.807, 2.05) is 19.4 Å².